The lowest BCUT2D eigenvalue weighted by atomic mass is 10.2. The molecule has 3 rings (SSSR count). The van der Waals surface area contributed by atoms with Crippen molar-refractivity contribution < 1.29 is 4.52 Å². The third-order valence-corrected chi connectivity index (χ3v) is 4.41. The molecule has 0 aliphatic rings. The lowest BCUT2D eigenvalue weighted by Gasteiger charge is -2.08. The molecule has 0 radical (unpaired) electrons. The highest BCUT2D eigenvalue weighted by Gasteiger charge is 2.15. The maximum absolute atomic E-state index is 12.6. The average Bonchev–Trinajstić information content (AvgIpc) is 2.90. The van der Waals surface area contributed by atoms with Crippen LogP contribution in [0.15, 0.2) is 15.4 Å². The molecular formula is C14H15N3O2S. The summed E-state index contributed by atoms with van der Waals surface area (Å²) >= 11 is 1.55. The Kier molecular flexibility index (Phi) is 2.97. The van der Waals surface area contributed by atoms with Gasteiger partial charge < -0.3 is 4.52 Å². The summed E-state index contributed by atoms with van der Waals surface area (Å²) in [6, 6.07) is 1.90. The number of rotatable bonds is 2. The summed E-state index contributed by atoms with van der Waals surface area (Å²) < 4.78 is 6.84. The van der Waals surface area contributed by atoms with Crippen LogP contribution in [0.4, 0.5) is 0 Å². The van der Waals surface area contributed by atoms with Gasteiger partial charge in [0.1, 0.15) is 16.4 Å². The fourth-order valence-corrected chi connectivity index (χ4v) is 3.23. The third-order valence-electron chi connectivity index (χ3n) is 3.46. The van der Waals surface area contributed by atoms with Crippen LogP contribution in [-0.2, 0) is 6.54 Å². The topological polar surface area (TPSA) is 60.9 Å². The molecule has 0 saturated carbocycles. The van der Waals surface area contributed by atoms with Gasteiger partial charge in [0, 0.05) is 10.4 Å². The van der Waals surface area contributed by atoms with Crippen LogP contribution in [0, 0.1) is 27.7 Å². The number of hydrogen-bond donors (Lipinski definition) is 0. The Labute approximate surface area is 119 Å². The zero-order valence-corrected chi connectivity index (χ0v) is 12.7. The quantitative estimate of drug-likeness (QED) is 0.727. The second kappa shape index (κ2) is 4.56. The molecule has 0 fully saturated rings. The minimum atomic E-state index is -0.00292. The van der Waals surface area contributed by atoms with Crippen LogP contribution in [-0.4, -0.2) is 14.7 Å². The molecule has 0 N–H and O–H groups in total. The Bertz CT molecular complexity index is 838. The Hall–Kier alpha value is -1.95. The van der Waals surface area contributed by atoms with Gasteiger partial charge in [0.15, 0.2) is 0 Å². The van der Waals surface area contributed by atoms with Gasteiger partial charge in [-0.15, -0.1) is 11.3 Å². The highest BCUT2D eigenvalue weighted by Crippen LogP contribution is 2.21. The van der Waals surface area contributed by atoms with Crippen LogP contribution in [0.1, 0.15) is 27.7 Å². The Morgan fingerprint density at radius 2 is 2.05 bits per heavy atom. The molecule has 0 aliphatic heterocycles. The first-order valence-electron chi connectivity index (χ1n) is 6.36. The fraction of sp³-hybridized carbons (Fsp3) is 0.357. The normalized spacial score (nSPS) is 11.4. The predicted octanol–water partition coefficient (Wildman–Crippen LogP) is 2.73. The van der Waals surface area contributed by atoms with Crippen molar-refractivity contribution in [2.45, 2.75) is 34.2 Å². The minimum Gasteiger partial charge on any atom is -0.361 e. The van der Waals surface area contributed by atoms with Crippen LogP contribution >= 0.6 is 11.3 Å². The summed E-state index contributed by atoms with van der Waals surface area (Å²) in [5.41, 5.74) is 1.76. The van der Waals surface area contributed by atoms with Crippen LogP contribution in [0.2, 0.25) is 0 Å². The van der Waals surface area contributed by atoms with E-state index < -0.39 is 0 Å². The van der Waals surface area contributed by atoms with Crippen molar-refractivity contribution in [3.8, 4) is 0 Å². The van der Waals surface area contributed by atoms with Crippen LogP contribution in [0.5, 0.6) is 0 Å². The summed E-state index contributed by atoms with van der Waals surface area (Å²) in [6.07, 6.45) is 0. The third kappa shape index (κ3) is 1.96. The maximum atomic E-state index is 12.6. The van der Waals surface area contributed by atoms with E-state index in [1.165, 1.54) is 0 Å². The van der Waals surface area contributed by atoms with Crippen molar-refractivity contribution >= 4 is 21.6 Å². The standard InChI is InChI=1S/C14H15N3O2S/c1-7-5-11-13(20-7)15-10(4)17(14(11)18)6-12-8(2)16-19-9(12)3/h5H,6H2,1-4H3. The predicted molar refractivity (Wildman–Crippen MR) is 78.4 cm³/mol. The molecule has 6 heteroatoms. The SMILES string of the molecule is Cc1cc2c(=O)n(Cc3c(C)noc3C)c(C)nc2s1. The van der Waals surface area contributed by atoms with Crippen molar-refractivity contribution in [2.75, 3.05) is 0 Å². The molecule has 0 amide bonds. The molecule has 104 valence electrons. The summed E-state index contributed by atoms with van der Waals surface area (Å²) in [6.45, 7) is 8.03. The zero-order valence-electron chi connectivity index (χ0n) is 11.9. The average molecular weight is 289 g/mol. The Balaban J connectivity index is 2.19. The monoisotopic (exact) mass is 289 g/mol. The molecular weight excluding hydrogens is 274 g/mol. The molecule has 0 aliphatic carbocycles. The van der Waals surface area contributed by atoms with Crippen molar-refractivity contribution in [1.82, 2.24) is 14.7 Å². The van der Waals surface area contributed by atoms with Gasteiger partial charge in [0.25, 0.3) is 5.56 Å². The van der Waals surface area contributed by atoms with Gasteiger partial charge >= 0.3 is 0 Å². The molecule has 0 unspecified atom stereocenters. The van der Waals surface area contributed by atoms with E-state index in [2.05, 4.69) is 10.1 Å². The van der Waals surface area contributed by atoms with E-state index in [0.29, 0.717) is 17.8 Å². The second-order valence-corrected chi connectivity index (χ2v) is 6.16. The van der Waals surface area contributed by atoms with E-state index in [0.717, 1.165) is 26.7 Å². The first-order valence-corrected chi connectivity index (χ1v) is 7.18. The van der Waals surface area contributed by atoms with Crippen LogP contribution in [0.3, 0.4) is 0 Å². The van der Waals surface area contributed by atoms with E-state index in [1.807, 2.05) is 33.8 Å². The van der Waals surface area contributed by atoms with Gasteiger partial charge in [-0.25, -0.2) is 4.98 Å². The molecule has 3 aromatic rings. The van der Waals surface area contributed by atoms with Crippen molar-refractivity contribution in [2.24, 2.45) is 0 Å². The van der Waals surface area contributed by atoms with Gasteiger partial charge in [-0.2, -0.15) is 0 Å². The smallest absolute Gasteiger partial charge is 0.262 e. The summed E-state index contributed by atoms with van der Waals surface area (Å²) in [5, 5.41) is 4.61. The molecule has 0 saturated heterocycles. The lowest BCUT2D eigenvalue weighted by molar-refractivity contribution is 0.392. The van der Waals surface area contributed by atoms with Gasteiger partial charge in [0.05, 0.1) is 17.6 Å². The Morgan fingerprint density at radius 1 is 1.30 bits per heavy atom. The number of thiophene rings is 1. The Morgan fingerprint density at radius 3 is 2.70 bits per heavy atom. The van der Waals surface area contributed by atoms with Gasteiger partial charge in [-0.1, -0.05) is 5.16 Å². The first-order chi connectivity index (χ1) is 9.47. The van der Waals surface area contributed by atoms with E-state index in [-0.39, 0.29) is 5.56 Å². The molecule has 3 heterocycles. The summed E-state index contributed by atoms with van der Waals surface area (Å²) in [4.78, 5) is 19.0. The van der Waals surface area contributed by atoms with E-state index >= 15 is 0 Å². The number of fused-ring (bicyclic) bond motifs is 1. The number of hydrogen-bond acceptors (Lipinski definition) is 5. The van der Waals surface area contributed by atoms with Crippen molar-refractivity contribution in [1.29, 1.82) is 0 Å². The van der Waals surface area contributed by atoms with Crippen LogP contribution < -0.4 is 5.56 Å². The minimum absolute atomic E-state index is 0.00292. The van der Waals surface area contributed by atoms with Gasteiger partial charge in [0.2, 0.25) is 0 Å². The lowest BCUT2D eigenvalue weighted by Crippen LogP contribution is -2.24. The summed E-state index contributed by atoms with van der Waals surface area (Å²) in [7, 11) is 0. The summed E-state index contributed by atoms with van der Waals surface area (Å²) in [5.74, 6) is 1.46. The molecule has 20 heavy (non-hydrogen) atoms. The molecule has 0 bridgehead atoms. The maximum Gasteiger partial charge on any atom is 0.262 e. The van der Waals surface area contributed by atoms with Gasteiger partial charge in [-0.3, -0.25) is 9.36 Å². The van der Waals surface area contributed by atoms with Gasteiger partial charge in [-0.05, 0) is 33.8 Å². The largest absolute Gasteiger partial charge is 0.361 e. The first kappa shape index (κ1) is 13.1. The molecule has 0 aromatic carbocycles. The van der Waals surface area contributed by atoms with Crippen LogP contribution in [0.25, 0.3) is 10.2 Å². The van der Waals surface area contributed by atoms with E-state index in [1.54, 1.807) is 15.9 Å². The number of nitrogens with zero attached hydrogens (tertiary/aromatic N) is 3. The second-order valence-electron chi connectivity index (χ2n) is 4.93. The highest BCUT2D eigenvalue weighted by molar-refractivity contribution is 7.18. The zero-order chi connectivity index (χ0) is 14.4. The van der Waals surface area contributed by atoms with E-state index in [9.17, 15) is 4.79 Å². The fourth-order valence-electron chi connectivity index (χ4n) is 2.31. The van der Waals surface area contributed by atoms with E-state index in [4.69, 9.17) is 4.52 Å². The molecule has 3 aromatic heterocycles. The number of aryl methyl sites for hydroxylation is 4. The molecule has 0 atom stereocenters. The highest BCUT2D eigenvalue weighted by atomic mass is 32.1. The molecule has 0 spiro atoms. The number of aromatic nitrogens is 3. The van der Waals surface area contributed by atoms with Crippen molar-refractivity contribution in [3.05, 3.63) is 44.1 Å². The van der Waals surface area contributed by atoms with Crippen molar-refractivity contribution in [3.63, 3.8) is 0 Å². The molecule has 5 nitrogen and oxygen atoms in total.